The number of nitrogen functional groups attached to an aromatic ring is 1. The van der Waals surface area contributed by atoms with Gasteiger partial charge in [-0.1, -0.05) is 6.92 Å². The monoisotopic (exact) mass is 290 g/mol. The van der Waals surface area contributed by atoms with E-state index in [0.717, 1.165) is 31.7 Å². The number of anilines is 2. The summed E-state index contributed by atoms with van der Waals surface area (Å²) in [5.74, 6) is 0.0820. The Bertz CT molecular complexity index is 515. The van der Waals surface area contributed by atoms with Crippen molar-refractivity contribution in [3.63, 3.8) is 0 Å². The second-order valence-corrected chi connectivity index (χ2v) is 5.96. The largest absolute Gasteiger partial charge is 0.397 e. The van der Waals surface area contributed by atoms with Crippen molar-refractivity contribution in [1.29, 1.82) is 0 Å². The topological polar surface area (TPSA) is 52.8 Å². The average Bonchev–Trinajstić information content (AvgIpc) is 2.46. The van der Waals surface area contributed by atoms with Crippen LogP contribution in [0.5, 0.6) is 0 Å². The van der Waals surface area contributed by atoms with Crippen molar-refractivity contribution in [1.82, 2.24) is 9.80 Å². The average molecular weight is 290 g/mol. The summed E-state index contributed by atoms with van der Waals surface area (Å²) in [6.45, 7) is 4.66. The lowest BCUT2D eigenvalue weighted by molar-refractivity contribution is 0.0542. The summed E-state index contributed by atoms with van der Waals surface area (Å²) in [4.78, 5) is 18.9. The molecule has 0 aromatic heterocycles. The summed E-state index contributed by atoms with van der Waals surface area (Å²) in [6, 6.07) is 6.02. The predicted molar refractivity (Wildman–Crippen MR) is 87.8 cm³/mol. The number of nitrogens with two attached hydrogens (primary N) is 1. The van der Waals surface area contributed by atoms with Crippen LogP contribution >= 0.6 is 0 Å². The van der Waals surface area contributed by atoms with Gasteiger partial charge in [0.2, 0.25) is 0 Å². The minimum Gasteiger partial charge on any atom is -0.397 e. The summed E-state index contributed by atoms with van der Waals surface area (Å²) in [5, 5.41) is 0. The molecule has 1 aliphatic rings. The maximum atomic E-state index is 12.6. The van der Waals surface area contributed by atoms with E-state index in [9.17, 15) is 4.79 Å². The first-order chi connectivity index (χ1) is 9.93. The highest BCUT2D eigenvalue weighted by Gasteiger charge is 2.26. The van der Waals surface area contributed by atoms with E-state index in [2.05, 4.69) is 18.9 Å². The molecule has 2 N–H and O–H groups in total. The van der Waals surface area contributed by atoms with Gasteiger partial charge < -0.3 is 15.5 Å². The van der Waals surface area contributed by atoms with Crippen molar-refractivity contribution in [3.8, 4) is 0 Å². The van der Waals surface area contributed by atoms with Gasteiger partial charge >= 0.3 is 0 Å². The van der Waals surface area contributed by atoms with Crippen LogP contribution in [0.4, 0.5) is 11.4 Å². The van der Waals surface area contributed by atoms with E-state index < -0.39 is 0 Å². The summed E-state index contributed by atoms with van der Waals surface area (Å²) < 4.78 is 0. The number of piperazine rings is 1. The first-order valence-corrected chi connectivity index (χ1v) is 7.50. The molecule has 1 aliphatic heterocycles. The molecule has 116 valence electrons. The first-order valence-electron chi connectivity index (χ1n) is 7.50. The minimum absolute atomic E-state index is 0.0820. The van der Waals surface area contributed by atoms with Crippen molar-refractivity contribution < 1.29 is 4.79 Å². The van der Waals surface area contributed by atoms with Gasteiger partial charge in [0.1, 0.15) is 0 Å². The van der Waals surface area contributed by atoms with E-state index in [4.69, 9.17) is 5.73 Å². The van der Waals surface area contributed by atoms with E-state index in [1.54, 1.807) is 6.07 Å². The standard InChI is InChI=1S/C16H26N4O/c1-5-13-11-20(9-8-19(13)4)16(21)12-6-7-15(18(2)3)14(17)10-12/h6-7,10,13H,5,8-9,11,17H2,1-4H3. The Kier molecular flexibility index (Phi) is 4.73. The smallest absolute Gasteiger partial charge is 0.254 e. The van der Waals surface area contributed by atoms with Crippen molar-refractivity contribution in [2.75, 3.05) is 51.4 Å². The number of nitrogens with zero attached hydrogens (tertiary/aromatic N) is 3. The zero-order valence-electron chi connectivity index (χ0n) is 13.5. The minimum atomic E-state index is 0.0820. The van der Waals surface area contributed by atoms with E-state index in [0.29, 0.717) is 17.3 Å². The number of carbonyl (C=O) groups is 1. The van der Waals surface area contributed by atoms with Gasteiger partial charge in [-0.3, -0.25) is 9.69 Å². The Morgan fingerprint density at radius 1 is 1.38 bits per heavy atom. The van der Waals surface area contributed by atoms with Gasteiger partial charge in [0.15, 0.2) is 0 Å². The van der Waals surface area contributed by atoms with Crippen LogP contribution < -0.4 is 10.6 Å². The molecule has 1 heterocycles. The fourth-order valence-electron chi connectivity index (χ4n) is 2.85. The second kappa shape index (κ2) is 6.35. The van der Waals surface area contributed by atoms with Crippen molar-refractivity contribution in [2.45, 2.75) is 19.4 Å². The Morgan fingerprint density at radius 3 is 2.67 bits per heavy atom. The maximum absolute atomic E-state index is 12.6. The number of benzene rings is 1. The van der Waals surface area contributed by atoms with Gasteiger partial charge in [-0.25, -0.2) is 0 Å². The quantitative estimate of drug-likeness (QED) is 0.857. The maximum Gasteiger partial charge on any atom is 0.254 e. The second-order valence-electron chi connectivity index (χ2n) is 5.96. The molecule has 1 atom stereocenters. The molecule has 1 aromatic rings. The number of amides is 1. The van der Waals surface area contributed by atoms with Gasteiger partial charge in [0.25, 0.3) is 5.91 Å². The Hall–Kier alpha value is -1.75. The SMILES string of the molecule is CCC1CN(C(=O)c2ccc(N(C)C)c(N)c2)CCN1C. The lowest BCUT2D eigenvalue weighted by atomic mass is 10.1. The van der Waals surface area contributed by atoms with Crippen molar-refractivity contribution >= 4 is 17.3 Å². The van der Waals surface area contributed by atoms with E-state index in [1.165, 1.54) is 0 Å². The Balaban J connectivity index is 2.15. The molecule has 0 aliphatic carbocycles. The molecule has 0 bridgehead atoms. The fourth-order valence-corrected chi connectivity index (χ4v) is 2.85. The van der Waals surface area contributed by atoms with Crippen LogP contribution in [0.3, 0.4) is 0 Å². The zero-order valence-corrected chi connectivity index (χ0v) is 13.5. The first kappa shape index (κ1) is 15.6. The molecule has 1 unspecified atom stereocenters. The summed E-state index contributed by atoms with van der Waals surface area (Å²) in [6.07, 6.45) is 1.06. The molecular formula is C16H26N4O. The number of rotatable bonds is 3. The van der Waals surface area contributed by atoms with Gasteiger partial charge in [0.05, 0.1) is 11.4 Å². The molecule has 0 radical (unpaired) electrons. The van der Waals surface area contributed by atoms with Crippen molar-refractivity contribution in [3.05, 3.63) is 23.8 Å². The molecule has 5 heteroatoms. The van der Waals surface area contributed by atoms with Crippen LogP contribution in [0.25, 0.3) is 0 Å². The predicted octanol–water partition coefficient (Wildman–Crippen LogP) is 1.50. The zero-order chi connectivity index (χ0) is 15.6. The molecule has 1 fully saturated rings. The summed E-state index contributed by atoms with van der Waals surface area (Å²) in [5.41, 5.74) is 8.31. The highest BCUT2D eigenvalue weighted by Crippen LogP contribution is 2.23. The van der Waals surface area contributed by atoms with E-state index in [-0.39, 0.29) is 5.91 Å². The molecule has 21 heavy (non-hydrogen) atoms. The molecule has 0 saturated carbocycles. The lowest BCUT2D eigenvalue weighted by Gasteiger charge is -2.39. The third-order valence-electron chi connectivity index (χ3n) is 4.29. The molecule has 0 spiro atoms. The van der Waals surface area contributed by atoms with E-state index in [1.807, 2.05) is 36.0 Å². The van der Waals surface area contributed by atoms with Crippen LogP contribution in [0.1, 0.15) is 23.7 Å². The molecule has 1 saturated heterocycles. The normalized spacial score (nSPS) is 19.6. The molecule has 1 aromatic carbocycles. The van der Waals surface area contributed by atoms with Crippen LogP contribution in [0.2, 0.25) is 0 Å². The van der Waals surface area contributed by atoms with Gasteiger partial charge in [-0.2, -0.15) is 0 Å². The third-order valence-corrected chi connectivity index (χ3v) is 4.29. The Labute approximate surface area is 127 Å². The van der Waals surface area contributed by atoms with Crippen LogP contribution in [0, 0.1) is 0 Å². The number of carbonyl (C=O) groups excluding carboxylic acids is 1. The molecular weight excluding hydrogens is 264 g/mol. The van der Waals surface area contributed by atoms with Gasteiger partial charge in [-0.15, -0.1) is 0 Å². The van der Waals surface area contributed by atoms with Crippen LogP contribution in [-0.2, 0) is 0 Å². The summed E-state index contributed by atoms with van der Waals surface area (Å²) in [7, 11) is 6.01. The van der Waals surface area contributed by atoms with Crippen LogP contribution in [0.15, 0.2) is 18.2 Å². The lowest BCUT2D eigenvalue weighted by Crippen LogP contribution is -2.52. The van der Waals surface area contributed by atoms with Gasteiger partial charge in [-0.05, 0) is 31.7 Å². The molecule has 1 amide bonds. The number of likely N-dealkylation sites (N-methyl/N-ethyl adjacent to an activating group) is 1. The highest BCUT2D eigenvalue weighted by molar-refractivity contribution is 5.96. The molecule has 2 rings (SSSR count). The number of hydrogen-bond donors (Lipinski definition) is 1. The van der Waals surface area contributed by atoms with Crippen molar-refractivity contribution in [2.24, 2.45) is 0 Å². The number of hydrogen-bond acceptors (Lipinski definition) is 4. The fraction of sp³-hybridized carbons (Fsp3) is 0.562. The highest BCUT2D eigenvalue weighted by atomic mass is 16.2. The summed E-state index contributed by atoms with van der Waals surface area (Å²) >= 11 is 0. The van der Waals surface area contributed by atoms with E-state index >= 15 is 0 Å². The Morgan fingerprint density at radius 2 is 2.10 bits per heavy atom. The third kappa shape index (κ3) is 3.29. The van der Waals surface area contributed by atoms with Gasteiger partial charge in [0, 0.05) is 45.3 Å². The molecule has 5 nitrogen and oxygen atoms in total. The van der Waals surface area contributed by atoms with Crippen LogP contribution in [-0.4, -0.2) is 62.5 Å².